The fourth-order valence-corrected chi connectivity index (χ4v) is 2.33. The number of alkyl halides is 1. The molecule has 1 heterocycles. The van der Waals surface area contributed by atoms with Crippen LogP contribution in [0.25, 0.3) is 0 Å². The van der Waals surface area contributed by atoms with Crippen LogP contribution in [0.3, 0.4) is 0 Å². The van der Waals surface area contributed by atoms with Gasteiger partial charge in [0, 0.05) is 25.5 Å². The Morgan fingerprint density at radius 1 is 1.25 bits per heavy atom. The van der Waals surface area contributed by atoms with Crippen molar-refractivity contribution in [3.8, 4) is 0 Å². The molecule has 0 aliphatic carbocycles. The Morgan fingerprint density at radius 3 is 2.17 bits per heavy atom. The number of halogens is 2. The molecule has 0 radical (unpaired) electrons. The SMILES string of the molecule is CC1CC(C)CN(CCCl)C1.Cl. The summed E-state index contributed by atoms with van der Waals surface area (Å²) in [6.45, 7) is 8.22. The van der Waals surface area contributed by atoms with E-state index in [1.807, 2.05) is 0 Å². The van der Waals surface area contributed by atoms with E-state index in [1.54, 1.807) is 0 Å². The van der Waals surface area contributed by atoms with Gasteiger partial charge in [0.25, 0.3) is 0 Å². The van der Waals surface area contributed by atoms with Crippen molar-refractivity contribution in [1.82, 2.24) is 4.90 Å². The van der Waals surface area contributed by atoms with Gasteiger partial charge in [0.15, 0.2) is 0 Å². The maximum Gasteiger partial charge on any atom is 0.0351 e. The predicted molar refractivity (Wildman–Crippen MR) is 57.4 cm³/mol. The van der Waals surface area contributed by atoms with Crippen LogP contribution in [-0.4, -0.2) is 30.4 Å². The Labute approximate surface area is 86.9 Å². The van der Waals surface area contributed by atoms with Gasteiger partial charge in [-0.05, 0) is 18.3 Å². The van der Waals surface area contributed by atoms with Gasteiger partial charge < -0.3 is 4.90 Å². The molecular formula is C9H19Cl2N. The van der Waals surface area contributed by atoms with Crippen molar-refractivity contribution in [2.75, 3.05) is 25.5 Å². The molecule has 1 rings (SSSR count). The highest BCUT2D eigenvalue weighted by Gasteiger charge is 2.20. The second-order valence-electron chi connectivity index (χ2n) is 3.89. The van der Waals surface area contributed by atoms with Crippen molar-refractivity contribution in [3.63, 3.8) is 0 Å². The van der Waals surface area contributed by atoms with E-state index in [0.29, 0.717) is 0 Å². The second kappa shape index (κ2) is 6.06. The van der Waals surface area contributed by atoms with Crippen LogP contribution < -0.4 is 0 Å². The molecular weight excluding hydrogens is 193 g/mol. The van der Waals surface area contributed by atoms with Gasteiger partial charge in [0.2, 0.25) is 0 Å². The van der Waals surface area contributed by atoms with Crippen molar-refractivity contribution >= 4 is 24.0 Å². The van der Waals surface area contributed by atoms with Gasteiger partial charge >= 0.3 is 0 Å². The van der Waals surface area contributed by atoms with Crippen molar-refractivity contribution in [2.24, 2.45) is 11.8 Å². The van der Waals surface area contributed by atoms with Crippen LogP contribution in [0.2, 0.25) is 0 Å². The van der Waals surface area contributed by atoms with Crippen LogP contribution in [0.15, 0.2) is 0 Å². The van der Waals surface area contributed by atoms with Gasteiger partial charge in [0.05, 0.1) is 0 Å². The lowest BCUT2D eigenvalue weighted by atomic mass is 9.92. The molecule has 2 unspecified atom stereocenters. The first-order valence-corrected chi connectivity index (χ1v) is 5.04. The molecule has 74 valence electrons. The molecule has 0 saturated carbocycles. The van der Waals surface area contributed by atoms with E-state index < -0.39 is 0 Å². The van der Waals surface area contributed by atoms with Crippen LogP contribution >= 0.6 is 24.0 Å². The van der Waals surface area contributed by atoms with Crippen molar-refractivity contribution < 1.29 is 0 Å². The van der Waals surface area contributed by atoms with Crippen LogP contribution in [-0.2, 0) is 0 Å². The van der Waals surface area contributed by atoms with Gasteiger partial charge in [-0.15, -0.1) is 24.0 Å². The number of hydrogen-bond acceptors (Lipinski definition) is 1. The zero-order chi connectivity index (χ0) is 8.27. The average molecular weight is 212 g/mol. The third kappa shape index (κ3) is 3.97. The molecule has 3 heteroatoms. The Bertz CT molecular complexity index is 109. The number of nitrogens with zero attached hydrogens (tertiary/aromatic N) is 1. The third-order valence-corrected chi connectivity index (χ3v) is 2.51. The number of piperidine rings is 1. The number of hydrogen-bond donors (Lipinski definition) is 0. The molecule has 1 aliphatic rings. The summed E-state index contributed by atoms with van der Waals surface area (Å²) >= 11 is 5.69. The second-order valence-corrected chi connectivity index (χ2v) is 4.27. The quantitative estimate of drug-likeness (QED) is 0.636. The van der Waals surface area contributed by atoms with Gasteiger partial charge in [-0.3, -0.25) is 0 Å². The molecule has 1 aliphatic heterocycles. The van der Waals surface area contributed by atoms with Crippen LogP contribution in [0, 0.1) is 11.8 Å². The van der Waals surface area contributed by atoms with E-state index >= 15 is 0 Å². The molecule has 0 N–H and O–H groups in total. The highest BCUT2D eigenvalue weighted by atomic mass is 35.5. The molecule has 1 nitrogen and oxygen atoms in total. The number of rotatable bonds is 2. The summed E-state index contributed by atoms with van der Waals surface area (Å²) in [5, 5.41) is 0. The maximum atomic E-state index is 5.69. The fraction of sp³-hybridized carbons (Fsp3) is 1.00. The van der Waals surface area contributed by atoms with Gasteiger partial charge in [-0.25, -0.2) is 0 Å². The Kier molecular flexibility index (Phi) is 6.34. The minimum absolute atomic E-state index is 0. The highest BCUT2D eigenvalue weighted by molar-refractivity contribution is 6.18. The van der Waals surface area contributed by atoms with E-state index in [4.69, 9.17) is 11.6 Å². The lowest BCUT2D eigenvalue weighted by Gasteiger charge is -2.34. The smallest absolute Gasteiger partial charge is 0.0351 e. The fourth-order valence-electron chi connectivity index (χ4n) is 2.09. The minimum atomic E-state index is 0. The normalized spacial score (nSPS) is 31.2. The molecule has 0 spiro atoms. The standard InChI is InChI=1S/C9H18ClN.ClH/c1-8-5-9(2)7-11(6-8)4-3-10;/h8-9H,3-7H2,1-2H3;1H. The lowest BCUT2D eigenvalue weighted by molar-refractivity contribution is 0.148. The third-order valence-electron chi connectivity index (χ3n) is 2.35. The van der Waals surface area contributed by atoms with Gasteiger partial charge in [0.1, 0.15) is 0 Å². The van der Waals surface area contributed by atoms with Crippen molar-refractivity contribution in [1.29, 1.82) is 0 Å². The van der Waals surface area contributed by atoms with E-state index in [0.717, 1.165) is 24.3 Å². The largest absolute Gasteiger partial charge is 0.302 e. The zero-order valence-corrected chi connectivity index (χ0v) is 9.50. The molecule has 0 amide bonds. The molecule has 0 aromatic heterocycles. The van der Waals surface area contributed by atoms with Crippen LogP contribution in [0.4, 0.5) is 0 Å². The molecule has 1 fully saturated rings. The minimum Gasteiger partial charge on any atom is -0.302 e. The summed E-state index contributed by atoms with van der Waals surface area (Å²) in [4.78, 5) is 2.48. The maximum absolute atomic E-state index is 5.69. The Hall–Kier alpha value is 0.540. The van der Waals surface area contributed by atoms with E-state index in [1.165, 1.54) is 19.5 Å². The predicted octanol–water partition coefficient (Wildman–Crippen LogP) is 2.62. The first kappa shape index (κ1) is 12.5. The monoisotopic (exact) mass is 211 g/mol. The van der Waals surface area contributed by atoms with E-state index in [-0.39, 0.29) is 12.4 Å². The van der Waals surface area contributed by atoms with Crippen LogP contribution in [0.5, 0.6) is 0 Å². The molecule has 0 bridgehead atoms. The van der Waals surface area contributed by atoms with Gasteiger partial charge in [-0.2, -0.15) is 0 Å². The van der Waals surface area contributed by atoms with E-state index in [2.05, 4.69) is 18.7 Å². The molecule has 0 aromatic carbocycles. The average Bonchev–Trinajstić information content (AvgIpc) is 1.85. The Morgan fingerprint density at radius 2 is 1.75 bits per heavy atom. The lowest BCUT2D eigenvalue weighted by Crippen LogP contribution is -2.39. The summed E-state index contributed by atoms with van der Waals surface area (Å²) in [6.07, 6.45) is 1.39. The van der Waals surface area contributed by atoms with Crippen molar-refractivity contribution in [3.05, 3.63) is 0 Å². The Balaban J connectivity index is 0.00000121. The first-order chi connectivity index (χ1) is 5.22. The summed E-state index contributed by atoms with van der Waals surface area (Å²) in [5.41, 5.74) is 0. The molecule has 12 heavy (non-hydrogen) atoms. The van der Waals surface area contributed by atoms with Crippen LogP contribution in [0.1, 0.15) is 20.3 Å². The summed E-state index contributed by atoms with van der Waals surface area (Å²) < 4.78 is 0. The number of likely N-dealkylation sites (tertiary alicyclic amines) is 1. The molecule has 2 atom stereocenters. The summed E-state index contributed by atoms with van der Waals surface area (Å²) in [5.74, 6) is 2.50. The molecule has 0 aromatic rings. The zero-order valence-electron chi connectivity index (χ0n) is 7.92. The first-order valence-electron chi connectivity index (χ1n) is 4.50. The highest BCUT2D eigenvalue weighted by Crippen LogP contribution is 2.20. The summed E-state index contributed by atoms with van der Waals surface area (Å²) in [7, 11) is 0. The summed E-state index contributed by atoms with van der Waals surface area (Å²) in [6, 6.07) is 0. The van der Waals surface area contributed by atoms with Crippen molar-refractivity contribution in [2.45, 2.75) is 20.3 Å². The van der Waals surface area contributed by atoms with E-state index in [9.17, 15) is 0 Å². The van der Waals surface area contributed by atoms with Gasteiger partial charge in [-0.1, -0.05) is 13.8 Å². The molecule has 1 saturated heterocycles. The topological polar surface area (TPSA) is 3.24 Å².